The molecule has 0 fully saturated rings. The third-order valence-corrected chi connectivity index (χ3v) is 21.5. The summed E-state index contributed by atoms with van der Waals surface area (Å²) in [6.45, 7) is 9.60. The molecule has 600 valence electrons. The van der Waals surface area contributed by atoms with E-state index in [0.29, 0.717) is 25.7 Å². The number of ether oxygens (including phenoxy) is 4. The number of carbonyl (C=O) groups is 4. The monoisotopic (exact) mass is 1480 g/mol. The maximum Gasteiger partial charge on any atom is 0.472 e. The largest absolute Gasteiger partial charge is 0.472 e. The Labute approximate surface area is 619 Å². The molecule has 0 aliphatic carbocycles. The third kappa shape index (κ3) is 74.7. The van der Waals surface area contributed by atoms with Gasteiger partial charge in [-0.3, -0.25) is 37.3 Å². The van der Waals surface area contributed by atoms with Gasteiger partial charge in [0.25, 0.3) is 0 Å². The van der Waals surface area contributed by atoms with Gasteiger partial charge in [-0.15, -0.1) is 0 Å². The molecule has 101 heavy (non-hydrogen) atoms. The minimum absolute atomic E-state index is 0.105. The number of rotatable bonds is 81. The van der Waals surface area contributed by atoms with Crippen LogP contribution in [0.5, 0.6) is 0 Å². The van der Waals surface area contributed by atoms with Crippen LogP contribution in [0.4, 0.5) is 0 Å². The van der Waals surface area contributed by atoms with E-state index in [1.54, 1.807) is 0 Å². The van der Waals surface area contributed by atoms with Crippen LogP contribution in [-0.2, 0) is 65.4 Å². The van der Waals surface area contributed by atoms with Crippen molar-refractivity contribution in [1.29, 1.82) is 0 Å². The van der Waals surface area contributed by atoms with E-state index in [-0.39, 0.29) is 25.7 Å². The molecule has 0 aromatic rings. The molecular formula is C82H160O17P2. The Hall–Kier alpha value is -1.94. The van der Waals surface area contributed by atoms with Crippen LogP contribution < -0.4 is 0 Å². The highest BCUT2D eigenvalue weighted by Gasteiger charge is 2.30. The van der Waals surface area contributed by atoms with Crippen LogP contribution >= 0.6 is 15.6 Å². The smallest absolute Gasteiger partial charge is 0.462 e. The van der Waals surface area contributed by atoms with Crippen molar-refractivity contribution in [3.8, 4) is 0 Å². The topological polar surface area (TPSA) is 237 Å². The highest BCUT2D eigenvalue weighted by molar-refractivity contribution is 7.47. The van der Waals surface area contributed by atoms with Crippen LogP contribution in [-0.4, -0.2) is 96.7 Å². The minimum atomic E-state index is -4.96. The summed E-state index contributed by atoms with van der Waals surface area (Å²) in [5, 5.41) is 10.6. The Bertz CT molecular complexity index is 1940. The van der Waals surface area contributed by atoms with Crippen LogP contribution in [0.15, 0.2) is 0 Å². The summed E-state index contributed by atoms with van der Waals surface area (Å²) in [6, 6.07) is 0. The number of aliphatic hydroxyl groups excluding tert-OH is 1. The average molecular weight is 1480 g/mol. The molecule has 19 heteroatoms. The summed E-state index contributed by atoms with van der Waals surface area (Å²) in [6.07, 6.45) is 63.9. The molecule has 3 N–H and O–H groups in total. The van der Waals surface area contributed by atoms with Gasteiger partial charge in [0.15, 0.2) is 12.2 Å². The van der Waals surface area contributed by atoms with Crippen molar-refractivity contribution < 1.29 is 80.2 Å². The first-order valence-corrected chi connectivity index (χ1v) is 45.5. The zero-order chi connectivity index (χ0) is 74.2. The summed E-state index contributed by atoms with van der Waals surface area (Å²) in [4.78, 5) is 73.0. The Balaban J connectivity index is 5.23. The number of unbranched alkanes of at least 4 members (excludes halogenated alkanes) is 50. The fourth-order valence-electron chi connectivity index (χ4n) is 12.7. The van der Waals surface area contributed by atoms with Crippen molar-refractivity contribution in [2.45, 2.75) is 452 Å². The summed E-state index contributed by atoms with van der Waals surface area (Å²) in [5.74, 6) is -0.614. The van der Waals surface area contributed by atoms with Crippen molar-refractivity contribution in [2.24, 2.45) is 11.8 Å². The molecule has 0 aromatic carbocycles. The molecule has 0 saturated carbocycles. The molecule has 17 nitrogen and oxygen atoms in total. The van der Waals surface area contributed by atoms with E-state index in [4.69, 9.17) is 37.0 Å². The van der Waals surface area contributed by atoms with Crippen LogP contribution in [0.3, 0.4) is 0 Å². The van der Waals surface area contributed by atoms with Gasteiger partial charge in [0, 0.05) is 25.7 Å². The van der Waals surface area contributed by atoms with E-state index in [9.17, 15) is 43.2 Å². The summed E-state index contributed by atoms with van der Waals surface area (Å²) in [5.41, 5.74) is 0. The fourth-order valence-corrected chi connectivity index (χ4v) is 14.3. The first kappa shape index (κ1) is 99.1. The second-order valence-corrected chi connectivity index (χ2v) is 33.1. The summed E-state index contributed by atoms with van der Waals surface area (Å²) in [7, 11) is -9.92. The quantitative estimate of drug-likeness (QED) is 0.0222. The Morgan fingerprint density at radius 3 is 0.752 bits per heavy atom. The predicted molar refractivity (Wildman–Crippen MR) is 414 cm³/mol. The molecule has 0 amide bonds. The number of hydrogen-bond donors (Lipinski definition) is 3. The van der Waals surface area contributed by atoms with Crippen molar-refractivity contribution in [3.05, 3.63) is 0 Å². The van der Waals surface area contributed by atoms with Crippen molar-refractivity contribution in [1.82, 2.24) is 0 Å². The summed E-state index contributed by atoms with van der Waals surface area (Å²) < 4.78 is 68.7. The lowest BCUT2D eigenvalue weighted by Gasteiger charge is -2.21. The van der Waals surface area contributed by atoms with E-state index in [2.05, 4.69) is 41.5 Å². The first-order valence-electron chi connectivity index (χ1n) is 42.5. The van der Waals surface area contributed by atoms with Crippen LogP contribution in [0, 0.1) is 11.8 Å². The standard InChI is InChI=1S/C82H160O17P2/c1-7-10-12-14-16-18-20-22-24-26-28-30-32-34-36-38-46-52-58-64-79(84)92-70-77(98-81(86)66-60-54-48-39-37-35-33-31-29-27-25-23-21-19-17-15-13-11-8-2)72-96-100(88,89)94-68-76(83)69-95-101(90,91)97-73-78(71-93-80(85)65-59-53-47-42-40-44-50-56-62-74(4)5)99-82(87)67-61-55-49-43-41-45-51-57-63-75(6)9-3/h74-78,83H,7-73H2,1-6H3,(H,88,89)(H,90,91)/t75?,76-,77-,78-/m1/s1. The van der Waals surface area contributed by atoms with Crippen LogP contribution in [0.2, 0.25) is 0 Å². The second-order valence-electron chi connectivity index (χ2n) is 30.2. The molecular weight excluding hydrogens is 1320 g/mol. The molecule has 0 bridgehead atoms. The summed E-state index contributed by atoms with van der Waals surface area (Å²) >= 11 is 0. The molecule has 0 aliphatic rings. The van der Waals surface area contributed by atoms with E-state index in [0.717, 1.165) is 102 Å². The Morgan fingerprint density at radius 1 is 0.287 bits per heavy atom. The number of hydrogen-bond acceptors (Lipinski definition) is 15. The van der Waals surface area contributed by atoms with Gasteiger partial charge < -0.3 is 33.8 Å². The molecule has 3 unspecified atom stereocenters. The number of phosphoric acid groups is 2. The Kier molecular flexibility index (Phi) is 72.2. The maximum atomic E-state index is 13.1. The molecule has 6 atom stereocenters. The van der Waals surface area contributed by atoms with Crippen LogP contribution in [0.25, 0.3) is 0 Å². The van der Waals surface area contributed by atoms with E-state index in [1.165, 1.54) is 250 Å². The SMILES string of the molecule is CCCCCCCCCCCCCCCCCCCCCC(=O)OC[C@H](COP(=O)(O)OC[C@@H](O)COP(=O)(O)OC[C@@H](COC(=O)CCCCCCCCCCC(C)C)OC(=O)CCCCCCCCCCC(C)CC)OC(=O)CCCCCCCCCCCCCCCCCCCCC. The van der Waals surface area contributed by atoms with Gasteiger partial charge in [0.2, 0.25) is 0 Å². The van der Waals surface area contributed by atoms with E-state index in [1.807, 2.05) is 0 Å². The number of phosphoric ester groups is 2. The average Bonchev–Trinajstić information content (AvgIpc) is 0.925. The van der Waals surface area contributed by atoms with Gasteiger partial charge in [-0.1, -0.05) is 382 Å². The highest BCUT2D eigenvalue weighted by Crippen LogP contribution is 2.45. The molecule has 0 aromatic heterocycles. The lowest BCUT2D eigenvalue weighted by Crippen LogP contribution is -2.30. The lowest BCUT2D eigenvalue weighted by atomic mass is 9.99. The third-order valence-electron chi connectivity index (χ3n) is 19.6. The van der Waals surface area contributed by atoms with Crippen LogP contribution in [0.1, 0.15) is 433 Å². The van der Waals surface area contributed by atoms with Gasteiger partial charge >= 0.3 is 39.5 Å². The number of carbonyl (C=O) groups excluding carboxylic acids is 4. The minimum Gasteiger partial charge on any atom is -0.462 e. The predicted octanol–water partition coefficient (Wildman–Crippen LogP) is 24.7. The van der Waals surface area contributed by atoms with Crippen molar-refractivity contribution in [2.75, 3.05) is 39.6 Å². The van der Waals surface area contributed by atoms with Crippen molar-refractivity contribution in [3.63, 3.8) is 0 Å². The zero-order valence-corrected chi connectivity index (χ0v) is 68.0. The van der Waals surface area contributed by atoms with Gasteiger partial charge in [-0.25, -0.2) is 9.13 Å². The molecule has 0 saturated heterocycles. The zero-order valence-electron chi connectivity index (χ0n) is 66.2. The number of aliphatic hydroxyl groups is 1. The van der Waals surface area contributed by atoms with Gasteiger partial charge in [-0.2, -0.15) is 0 Å². The number of esters is 4. The second kappa shape index (κ2) is 73.6. The molecule has 0 spiro atoms. The molecule has 0 radical (unpaired) electrons. The maximum absolute atomic E-state index is 13.1. The van der Waals surface area contributed by atoms with Gasteiger partial charge in [0.1, 0.15) is 19.3 Å². The molecule has 0 aliphatic heterocycles. The normalized spacial score (nSPS) is 14.2. The van der Waals surface area contributed by atoms with E-state index < -0.39 is 97.5 Å². The van der Waals surface area contributed by atoms with Gasteiger partial charge in [0.05, 0.1) is 26.4 Å². The van der Waals surface area contributed by atoms with Crippen molar-refractivity contribution >= 4 is 39.5 Å². The first-order chi connectivity index (χ1) is 48.9. The van der Waals surface area contributed by atoms with E-state index >= 15 is 0 Å². The van der Waals surface area contributed by atoms with Gasteiger partial charge in [-0.05, 0) is 37.5 Å². The molecule has 0 heterocycles. The lowest BCUT2D eigenvalue weighted by molar-refractivity contribution is -0.161. The fraction of sp³-hybridized carbons (Fsp3) is 0.951. The highest BCUT2D eigenvalue weighted by atomic mass is 31.2. The molecule has 0 rings (SSSR count). The Morgan fingerprint density at radius 2 is 0.505 bits per heavy atom.